The summed E-state index contributed by atoms with van der Waals surface area (Å²) in [5.74, 6) is 1.41. The van der Waals surface area contributed by atoms with Gasteiger partial charge in [0, 0.05) is 37.1 Å². The molecule has 2 aromatic rings. The molecular weight excluding hydrogens is 302 g/mol. The topological polar surface area (TPSA) is 74.8 Å². The van der Waals surface area contributed by atoms with Gasteiger partial charge in [-0.25, -0.2) is 9.97 Å². The van der Waals surface area contributed by atoms with Crippen LogP contribution in [0.3, 0.4) is 0 Å². The maximum absolute atomic E-state index is 12.5. The van der Waals surface area contributed by atoms with Gasteiger partial charge in [-0.2, -0.15) is 0 Å². The van der Waals surface area contributed by atoms with E-state index in [4.69, 9.17) is 0 Å². The predicted octanol–water partition coefficient (Wildman–Crippen LogP) is 2.69. The van der Waals surface area contributed by atoms with Crippen molar-refractivity contribution in [1.82, 2.24) is 24.8 Å². The number of aromatic nitrogens is 4. The summed E-state index contributed by atoms with van der Waals surface area (Å²) in [6, 6.07) is 0. The van der Waals surface area contributed by atoms with Crippen LogP contribution in [0.15, 0.2) is 24.8 Å². The van der Waals surface area contributed by atoms with E-state index in [1.807, 2.05) is 31.9 Å². The van der Waals surface area contributed by atoms with Crippen LogP contribution in [0.2, 0.25) is 0 Å². The number of hydrogen-bond acceptors (Lipinski definition) is 4. The van der Waals surface area contributed by atoms with E-state index < -0.39 is 0 Å². The molecule has 24 heavy (non-hydrogen) atoms. The third-order valence-electron chi connectivity index (χ3n) is 4.37. The lowest BCUT2D eigenvalue weighted by atomic mass is 9.89. The Hall–Kier alpha value is -2.24. The Bertz CT molecular complexity index is 690. The SMILES string of the molecule is CC(C)(C)C(=O)N1CCC[C@@H](Cc2cncc(-c3ncc[nH]3)n2)C1. The van der Waals surface area contributed by atoms with Gasteiger partial charge in [0.2, 0.25) is 5.91 Å². The average molecular weight is 327 g/mol. The summed E-state index contributed by atoms with van der Waals surface area (Å²) < 4.78 is 0. The van der Waals surface area contributed by atoms with Crippen molar-refractivity contribution in [3.8, 4) is 11.5 Å². The minimum atomic E-state index is -0.319. The second kappa shape index (κ2) is 6.71. The zero-order valence-electron chi connectivity index (χ0n) is 14.6. The third-order valence-corrected chi connectivity index (χ3v) is 4.37. The van der Waals surface area contributed by atoms with Gasteiger partial charge < -0.3 is 9.88 Å². The zero-order chi connectivity index (χ0) is 17.2. The summed E-state index contributed by atoms with van der Waals surface area (Å²) in [6.45, 7) is 7.62. The van der Waals surface area contributed by atoms with E-state index in [0.717, 1.165) is 49.6 Å². The zero-order valence-corrected chi connectivity index (χ0v) is 14.6. The summed E-state index contributed by atoms with van der Waals surface area (Å²) in [5.41, 5.74) is 1.40. The predicted molar refractivity (Wildman–Crippen MR) is 92.1 cm³/mol. The second-order valence-electron chi connectivity index (χ2n) is 7.55. The maximum Gasteiger partial charge on any atom is 0.227 e. The number of hydrogen-bond donors (Lipinski definition) is 1. The Labute approximate surface area is 142 Å². The van der Waals surface area contributed by atoms with Crippen LogP contribution in [0.4, 0.5) is 0 Å². The Morgan fingerprint density at radius 1 is 1.38 bits per heavy atom. The fourth-order valence-corrected chi connectivity index (χ4v) is 3.21. The van der Waals surface area contributed by atoms with Gasteiger partial charge >= 0.3 is 0 Å². The highest BCUT2D eigenvalue weighted by molar-refractivity contribution is 5.81. The number of amides is 1. The van der Waals surface area contributed by atoms with Gasteiger partial charge in [0.1, 0.15) is 5.69 Å². The van der Waals surface area contributed by atoms with Crippen LogP contribution >= 0.6 is 0 Å². The molecule has 1 aliphatic heterocycles. The highest BCUT2D eigenvalue weighted by Crippen LogP contribution is 2.25. The van der Waals surface area contributed by atoms with E-state index in [-0.39, 0.29) is 11.3 Å². The summed E-state index contributed by atoms with van der Waals surface area (Å²) >= 11 is 0. The number of H-pyrrole nitrogens is 1. The maximum atomic E-state index is 12.5. The number of piperidine rings is 1. The van der Waals surface area contributed by atoms with E-state index in [9.17, 15) is 4.79 Å². The standard InChI is InChI=1S/C18H25N5O/c1-18(2,3)17(24)23-8-4-5-13(12-23)9-14-10-19-11-15(22-14)16-20-6-7-21-16/h6-7,10-11,13H,4-5,8-9,12H2,1-3H3,(H,20,21)/t13-/m0/s1. The van der Waals surface area contributed by atoms with Crippen molar-refractivity contribution in [3.63, 3.8) is 0 Å². The molecule has 3 rings (SSSR count). The van der Waals surface area contributed by atoms with Crippen LogP contribution in [0.5, 0.6) is 0 Å². The molecule has 1 aliphatic rings. The summed E-state index contributed by atoms with van der Waals surface area (Å²) in [5, 5.41) is 0. The summed E-state index contributed by atoms with van der Waals surface area (Å²) in [6.07, 6.45) is 10.0. The van der Waals surface area contributed by atoms with E-state index in [0.29, 0.717) is 5.92 Å². The normalized spacial score (nSPS) is 18.6. The number of aromatic amines is 1. The minimum absolute atomic E-state index is 0.239. The molecule has 0 radical (unpaired) electrons. The third kappa shape index (κ3) is 3.80. The fourth-order valence-electron chi connectivity index (χ4n) is 3.21. The first-order valence-corrected chi connectivity index (χ1v) is 8.53. The van der Waals surface area contributed by atoms with Crippen molar-refractivity contribution in [1.29, 1.82) is 0 Å². The molecule has 0 aliphatic carbocycles. The molecule has 1 N–H and O–H groups in total. The number of nitrogens with one attached hydrogen (secondary N) is 1. The molecule has 0 bridgehead atoms. The van der Waals surface area contributed by atoms with Crippen molar-refractivity contribution in [3.05, 3.63) is 30.5 Å². The number of imidazole rings is 1. The summed E-state index contributed by atoms with van der Waals surface area (Å²) in [7, 11) is 0. The van der Waals surface area contributed by atoms with Crippen LogP contribution in [0.1, 0.15) is 39.3 Å². The van der Waals surface area contributed by atoms with Crippen LogP contribution in [-0.4, -0.2) is 43.8 Å². The molecule has 0 spiro atoms. The van der Waals surface area contributed by atoms with Gasteiger partial charge in [-0.05, 0) is 25.2 Å². The number of carbonyl (C=O) groups excluding carboxylic acids is 1. The molecule has 6 nitrogen and oxygen atoms in total. The largest absolute Gasteiger partial charge is 0.343 e. The first-order valence-electron chi connectivity index (χ1n) is 8.53. The van der Waals surface area contributed by atoms with Gasteiger partial charge in [0.25, 0.3) is 0 Å². The quantitative estimate of drug-likeness (QED) is 0.940. The first-order chi connectivity index (χ1) is 11.4. The summed E-state index contributed by atoms with van der Waals surface area (Å²) in [4.78, 5) is 30.8. The molecule has 3 heterocycles. The van der Waals surface area contributed by atoms with Crippen molar-refractivity contribution >= 4 is 5.91 Å². The van der Waals surface area contributed by atoms with Crippen molar-refractivity contribution in [2.24, 2.45) is 11.3 Å². The molecule has 1 amide bonds. The van der Waals surface area contributed by atoms with Crippen molar-refractivity contribution in [2.75, 3.05) is 13.1 Å². The smallest absolute Gasteiger partial charge is 0.227 e. The number of carbonyl (C=O) groups is 1. The minimum Gasteiger partial charge on any atom is -0.343 e. The molecule has 1 fully saturated rings. The van der Waals surface area contributed by atoms with Crippen LogP contribution < -0.4 is 0 Å². The number of rotatable bonds is 3. The van der Waals surface area contributed by atoms with E-state index >= 15 is 0 Å². The molecule has 1 atom stereocenters. The van der Waals surface area contributed by atoms with Gasteiger partial charge in [-0.15, -0.1) is 0 Å². The lowest BCUT2D eigenvalue weighted by Gasteiger charge is -2.36. The van der Waals surface area contributed by atoms with Gasteiger partial charge in [0.05, 0.1) is 11.9 Å². The van der Waals surface area contributed by atoms with Crippen molar-refractivity contribution in [2.45, 2.75) is 40.0 Å². The Kier molecular flexibility index (Phi) is 4.64. The molecule has 0 aromatic carbocycles. The van der Waals surface area contributed by atoms with Crippen LogP contribution in [0.25, 0.3) is 11.5 Å². The van der Waals surface area contributed by atoms with E-state index in [1.165, 1.54) is 0 Å². The van der Waals surface area contributed by atoms with E-state index in [2.05, 4.69) is 19.9 Å². The lowest BCUT2D eigenvalue weighted by molar-refractivity contribution is -0.141. The Morgan fingerprint density at radius 2 is 2.21 bits per heavy atom. The second-order valence-corrected chi connectivity index (χ2v) is 7.55. The Balaban J connectivity index is 1.68. The number of nitrogens with zero attached hydrogens (tertiary/aromatic N) is 4. The fraction of sp³-hybridized carbons (Fsp3) is 0.556. The van der Waals surface area contributed by atoms with Crippen molar-refractivity contribution < 1.29 is 4.79 Å². The molecule has 0 saturated carbocycles. The lowest BCUT2D eigenvalue weighted by Crippen LogP contribution is -2.45. The molecule has 6 heteroatoms. The number of likely N-dealkylation sites (tertiary alicyclic amines) is 1. The van der Waals surface area contributed by atoms with Crippen LogP contribution in [-0.2, 0) is 11.2 Å². The Morgan fingerprint density at radius 3 is 2.92 bits per heavy atom. The molecule has 128 valence electrons. The monoisotopic (exact) mass is 327 g/mol. The highest BCUT2D eigenvalue weighted by atomic mass is 16.2. The van der Waals surface area contributed by atoms with Crippen LogP contribution in [0, 0.1) is 11.3 Å². The van der Waals surface area contributed by atoms with Gasteiger partial charge in [-0.3, -0.25) is 9.78 Å². The van der Waals surface area contributed by atoms with E-state index in [1.54, 1.807) is 18.6 Å². The molecular formula is C18H25N5O. The average Bonchev–Trinajstić information content (AvgIpc) is 3.08. The molecule has 1 saturated heterocycles. The molecule has 0 unspecified atom stereocenters. The van der Waals surface area contributed by atoms with Gasteiger partial charge in [-0.1, -0.05) is 20.8 Å². The molecule has 2 aromatic heterocycles. The van der Waals surface area contributed by atoms with Gasteiger partial charge in [0.15, 0.2) is 5.82 Å². The first kappa shape index (κ1) is 16.6. The highest BCUT2D eigenvalue weighted by Gasteiger charge is 2.31.